The molecule has 0 aliphatic carbocycles. The predicted octanol–water partition coefficient (Wildman–Crippen LogP) is 3.42. The largest absolute Gasteiger partial charge is 0.373 e. The fourth-order valence-corrected chi connectivity index (χ4v) is 3.91. The van der Waals surface area contributed by atoms with E-state index in [0.717, 1.165) is 26.2 Å². The lowest BCUT2D eigenvalue weighted by molar-refractivity contribution is -0.0681. The molecule has 0 aromatic carbocycles. The Balaban J connectivity index is 1.57. The van der Waals surface area contributed by atoms with E-state index < -0.39 is 0 Å². The van der Waals surface area contributed by atoms with Crippen LogP contribution in [0.4, 0.5) is 0 Å². The summed E-state index contributed by atoms with van der Waals surface area (Å²) in [6, 6.07) is 0. The molecule has 2 rings (SSSR count). The molecule has 1 fully saturated rings. The highest BCUT2D eigenvalue weighted by molar-refractivity contribution is 7.09. The van der Waals surface area contributed by atoms with Gasteiger partial charge in [-0.1, -0.05) is 20.8 Å². The second-order valence-electron chi connectivity index (χ2n) is 7.79. The number of unbranched alkanes of at least 4 members (excludes halogenated alkanes) is 1. The van der Waals surface area contributed by atoms with E-state index in [9.17, 15) is 0 Å². The Labute approximate surface area is 145 Å². The van der Waals surface area contributed by atoms with Crippen LogP contribution in [-0.4, -0.2) is 48.3 Å². The van der Waals surface area contributed by atoms with Gasteiger partial charge in [0, 0.05) is 30.4 Å². The summed E-state index contributed by atoms with van der Waals surface area (Å²) in [5.74, 6) is 0. The molecule has 1 saturated heterocycles. The van der Waals surface area contributed by atoms with Crippen molar-refractivity contribution >= 4 is 11.3 Å². The first-order valence-corrected chi connectivity index (χ1v) is 9.76. The Bertz CT molecular complexity index is 459. The molecular weight excluding hydrogens is 306 g/mol. The van der Waals surface area contributed by atoms with Gasteiger partial charge in [0.1, 0.15) is 0 Å². The van der Waals surface area contributed by atoms with Crippen LogP contribution < -0.4 is 5.32 Å². The van der Waals surface area contributed by atoms with Crippen LogP contribution in [0.2, 0.25) is 0 Å². The highest BCUT2D eigenvalue weighted by Gasteiger charge is 2.21. The molecule has 2 atom stereocenters. The molecule has 1 N–H and O–H groups in total. The molecule has 1 aliphatic heterocycles. The Morgan fingerprint density at radius 1 is 1.26 bits per heavy atom. The molecular formula is C18H33N3OS. The van der Waals surface area contributed by atoms with Crippen LogP contribution in [0.3, 0.4) is 0 Å². The molecule has 23 heavy (non-hydrogen) atoms. The summed E-state index contributed by atoms with van der Waals surface area (Å²) in [5.41, 5.74) is 1.34. The van der Waals surface area contributed by atoms with Gasteiger partial charge in [0.25, 0.3) is 0 Å². The highest BCUT2D eigenvalue weighted by Crippen LogP contribution is 2.25. The van der Waals surface area contributed by atoms with Crippen LogP contribution in [-0.2, 0) is 16.7 Å². The Morgan fingerprint density at radius 2 is 1.96 bits per heavy atom. The monoisotopic (exact) mass is 339 g/mol. The predicted molar refractivity (Wildman–Crippen MR) is 98.2 cm³/mol. The molecule has 2 unspecified atom stereocenters. The molecule has 4 nitrogen and oxygen atoms in total. The molecule has 0 amide bonds. The van der Waals surface area contributed by atoms with Gasteiger partial charge in [-0.25, -0.2) is 4.98 Å². The topological polar surface area (TPSA) is 37.4 Å². The van der Waals surface area contributed by atoms with Gasteiger partial charge < -0.3 is 10.1 Å². The first-order valence-electron chi connectivity index (χ1n) is 8.88. The fourth-order valence-electron chi connectivity index (χ4n) is 3.00. The van der Waals surface area contributed by atoms with E-state index in [-0.39, 0.29) is 5.41 Å². The van der Waals surface area contributed by atoms with Gasteiger partial charge >= 0.3 is 0 Å². The van der Waals surface area contributed by atoms with Crippen molar-refractivity contribution in [2.24, 2.45) is 0 Å². The van der Waals surface area contributed by atoms with Crippen LogP contribution in [0.15, 0.2) is 5.38 Å². The zero-order valence-corrected chi connectivity index (χ0v) is 16.2. The standard InChI is InChI=1S/C18H33N3OS/c1-14-11-21(12-15(2)22-14)9-7-6-8-19-10-16-13-23-17(20-16)18(3,4)5/h13-15,19H,6-12H2,1-5H3. The van der Waals surface area contributed by atoms with E-state index >= 15 is 0 Å². The van der Waals surface area contributed by atoms with E-state index in [1.807, 2.05) is 0 Å². The molecule has 0 saturated carbocycles. The second-order valence-corrected chi connectivity index (χ2v) is 8.65. The van der Waals surface area contributed by atoms with Crippen LogP contribution in [0.1, 0.15) is 58.2 Å². The maximum atomic E-state index is 5.78. The fraction of sp³-hybridized carbons (Fsp3) is 0.833. The van der Waals surface area contributed by atoms with Gasteiger partial charge in [-0.15, -0.1) is 11.3 Å². The zero-order valence-electron chi connectivity index (χ0n) is 15.4. The van der Waals surface area contributed by atoms with Gasteiger partial charge in [0.15, 0.2) is 0 Å². The number of thiazole rings is 1. The molecule has 132 valence electrons. The van der Waals surface area contributed by atoms with Crippen molar-refractivity contribution in [2.45, 2.75) is 71.6 Å². The number of nitrogens with zero attached hydrogens (tertiary/aromatic N) is 2. The smallest absolute Gasteiger partial charge is 0.0982 e. The average Bonchev–Trinajstić information content (AvgIpc) is 2.90. The van der Waals surface area contributed by atoms with Crippen molar-refractivity contribution in [1.29, 1.82) is 0 Å². The summed E-state index contributed by atoms with van der Waals surface area (Å²) >= 11 is 1.77. The van der Waals surface area contributed by atoms with Crippen LogP contribution in [0.25, 0.3) is 0 Å². The SMILES string of the molecule is CC1CN(CCCCNCc2csc(C(C)(C)C)n2)CC(C)O1. The number of aromatic nitrogens is 1. The van der Waals surface area contributed by atoms with E-state index in [1.165, 1.54) is 30.1 Å². The van der Waals surface area contributed by atoms with Crippen molar-refractivity contribution in [1.82, 2.24) is 15.2 Å². The minimum Gasteiger partial charge on any atom is -0.373 e. The summed E-state index contributed by atoms with van der Waals surface area (Å²) in [4.78, 5) is 7.26. The molecule has 1 aromatic rings. The first-order chi connectivity index (χ1) is 10.8. The number of hydrogen-bond acceptors (Lipinski definition) is 5. The van der Waals surface area contributed by atoms with Crippen molar-refractivity contribution in [3.05, 3.63) is 16.1 Å². The quantitative estimate of drug-likeness (QED) is 0.773. The summed E-state index contributed by atoms with van der Waals surface area (Å²) in [6.45, 7) is 16.3. The zero-order chi connectivity index (χ0) is 16.9. The lowest BCUT2D eigenvalue weighted by Crippen LogP contribution is -2.45. The van der Waals surface area contributed by atoms with Crippen LogP contribution >= 0.6 is 11.3 Å². The number of rotatable bonds is 7. The summed E-state index contributed by atoms with van der Waals surface area (Å²) < 4.78 is 5.78. The first kappa shape index (κ1) is 18.8. The maximum absolute atomic E-state index is 5.78. The third kappa shape index (κ3) is 6.49. The van der Waals surface area contributed by atoms with Crippen molar-refractivity contribution in [3.63, 3.8) is 0 Å². The van der Waals surface area contributed by atoms with E-state index in [2.05, 4.69) is 50.2 Å². The van der Waals surface area contributed by atoms with Gasteiger partial charge in [0.2, 0.25) is 0 Å². The average molecular weight is 340 g/mol. The molecule has 2 heterocycles. The normalized spacial score (nSPS) is 23.3. The van der Waals surface area contributed by atoms with Gasteiger partial charge in [-0.2, -0.15) is 0 Å². The van der Waals surface area contributed by atoms with Gasteiger partial charge in [-0.3, -0.25) is 4.90 Å². The number of morpholine rings is 1. The maximum Gasteiger partial charge on any atom is 0.0982 e. The molecule has 0 bridgehead atoms. The Kier molecular flexibility index (Phi) is 7.01. The highest BCUT2D eigenvalue weighted by atomic mass is 32.1. The van der Waals surface area contributed by atoms with Crippen LogP contribution in [0, 0.1) is 0 Å². The van der Waals surface area contributed by atoms with E-state index in [0.29, 0.717) is 12.2 Å². The minimum atomic E-state index is 0.162. The summed E-state index contributed by atoms with van der Waals surface area (Å²) in [5, 5.41) is 6.93. The molecule has 0 radical (unpaired) electrons. The lowest BCUT2D eigenvalue weighted by Gasteiger charge is -2.35. The summed E-state index contributed by atoms with van der Waals surface area (Å²) in [7, 11) is 0. The van der Waals surface area contributed by atoms with Crippen molar-refractivity contribution < 1.29 is 4.74 Å². The molecule has 5 heteroatoms. The molecule has 1 aliphatic rings. The van der Waals surface area contributed by atoms with Crippen molar-refractivity contribution in [3.8, 4) is 0 Å². The Morgan fingerprint density at radius 3 is 2.57 bits per heavy atom. The van der Waals surface area contributed by atoms with Gasteiger partial charge in [-0.05, 0) is 39.8 Å². The summed E-state index contributed by atoms with van der Waals surface area (Å²) in [6.07, 6.45) is 3.21. The number of nitrogens with one attached hydrogen (secondary N) is 1. The minimum absolute atomic E-state index is 0.162. The third-order valence-electron chi connectivity index (χ3n) is 4.07. The van der Waals surface area contributed by atoms with Crippen LogP contribution in [0.5, 0.6) is 0 Å². The Hall–Kier alpha value is -0.490. The van der Waals surface area contributed by atoms with E-state index in [1.54, 1.807) is 11.3 Å². The van der Waals surface area contributed by atoms with Gasteiger partial charge in [0.05, 0.1) is 22.9 Å². The van der Waals surface area contributed by atoms with Crippen molar-refractivity contribution in [2.75, 3.05) is 26.2 Å². The number of hydrogen-bond donors (Lipinski definition) is 1. The molecule has 1 aromatic heterocycles. The van der Waals surface area contributed by atoms with E-state index in [4.69, 9.17) is 9.72 Å². The molecule has 0 spiro atoms. The third-order valence-corrected chi connectivity index (χ3v) is 5.39. The lowest BCUT2D eigenvalue weighted by atomic mass is 9.98. The number of ether oxygens (including phenoxy) is 1. The second kappa shape index (κ2) is 8.56.